The fraction of sp³-hybridized carbons (Fsp3) is 0.421. The minimum absolute atomic E-state index is 0.0474. The first-order chi connectivity index (χ1) is 13.8. The van der Waals surface area contributed by atoms with E-state index in [0.29, 0.717) is 43.6 Å². The molecular weight excluding hydrogens is 396 g/mol. The molecule has 3 aromatic rings. The zero-order chi connectivity index (χ0) is 20.8. The number of fused-ring (bicyclic) bond motifs is 1. The van der Waals surface area contributed by atoms with Gasteiger partial charge < -0.3 is 4.42 Å². The number of sulfonamides is 1. The molecule has 0 bridgehead atoms. The van der Waals surface area contributed by atoms with Gasteiger partial charge >= 0.3 is 5.76 Å². The van der Waals surface area contributed by atoms with Gasteiger partial charge in [0, 0.05) is 37.0 Å². The van der Waals surface area contributed by atoms with Crippen LogP contribution in [0.2, 0.25) is 0 Å². The van der Waals surface area contributed by atoms with Crippen molar-refractivity contribution in [1.82, 2.24) is 18.8 Å². The molecule has 9 nitrogen and oxygen atoms in total. The van der Waals surface area contributed by atoms with E-state index >= 15 is 0 Å². The molecule has 1 aliphatic rings. The molecule has 154 valence electrons. The average Bonchev–Trinajstić information content (AvgIpc) is 3.08. The summed E-state index contributed by atoms with van der Waals surface area (Å²) in [4.78, 5) is 30.5. The highest BCUT2D eigenvalue weighted by Crippen LogP contribution is 2.26. The Bertz CT molecular complexity index is 1280. The fourth-order valence-corrected chi connectivity index (χ4v) is 5.14. The van der Waals surface area contributed by atoms with Crippen LogP contribution in [0.1, 0.15) is 24.1 Å². The summed E-state index contributed by atoms with van der Waals surface area (Å²) in [5.41, 5.74) is 1.99. The number of aromatic amines is 1. The molecule has 10 heteroatoms. The molecule has 1 aromatic carbocycles. The van der Waals surface area contributed by atoms with E-state index in [4.69, 9.17) is 4.42 Å². The number of H-pyrrole nitrogens is 1. The highest BCUT2D eigenvalue weighted by atomic mass is 32.2. The summed E-state index contributed by atoms with van der Waals surface area (Å²) in [5.74, 6) is -0.417. The number of nitrogens with zero attached hydrogens (tertiary/aromatic N) is 3. The summed E-state index contributed by atoms with van der Waals surface area (Å²) >= 11 is 0. The summed E-state index contributed by atoms with van der Waals surface area (Å²) < 4.78 is 34.0. The molecule has 4 rings (SSSR count). The first-order valence-corrected chi connectivity index (χ1v) is 10.9. The number of aromatic nitrogens is 3. The van der Waals surface area contributed by atoms with E-state index < -0.39 is 15.8 Å². The van der Waals surface area contributed by atoms with Crippen LogP contribution >= 0.6 is 0 Å². The number of aryl methyl sites for hydroxylation is 1. The zero-order valence-electron chi connectivity index (χ0n) is 16.2. The molecule has 1 fully saturated rings. The minimum atomic E-state index is -3.68. The second-order valence-electron chi connectivity index (χ2n) is 7.43. The zero-order valence-corrected chi connectivity index (χ0v) is 17.0. The summed E-state index contributed by atoms with van der Waals surface area (Å²) in [6.45, 7) is 4.84. The third-order valence-corrected chi connectivity index (χ3v) is 7.47. The second kappa shape index (κ2) is 7.27. The van der Waals surface area contributed by atoms with Crippen LogP contribution in [0.25, 0.3) is 11.1 Å². The molecule has 1 saturated heterocycles. The Labute approximate surface area is 167 Å². The topological polar surface area (TPSA) is 118 Å². The summed E-state index contributed by atoms with van der Waals surface area (Å²) in [6.07, 6.45) is 2.87. The molecule has 1 N–H and O–H groups in total. The SMILES string of the molecule is Cc1ncn(CC2CCN(S(=O)(=O)c3ccc4[nH]c(=O)oc4c3)CC2)c(=O)c1C. The molecule has 0 radical (unpaired) electrons. The Morgan fingerprint density at radius 3 is 2.66 bits per heavy atom. The standard InChI is InChI=1S/C19H22N4O5S/c1-12-13(2)20-11-22(18(12)24)10-14-5-7-23(8-6-14)29(26,27)15-3-4-16-17(9-15)28-19(25)21-16/h3-4,9,11,14H,5-8,10H2,1-2H3,(H,21,25). The monoisotopic (exact) mass is 418 g/mol. The number of hydrogen-bond acceptors (Lipinski definition) is 6. The maximum Gasteiger partial charge on any atom is 0.417 e. The third kappa shape index (κ3) is 3.65. The van der Waals surface area contributed by atoms with E-state index in [1.807, 2.05) is 0 Å². The molecule has 0 aliphatic carbocycles. The van der Waals surface area contributed by atoms with Crippen molar-refractivity contribution >= 4 is 21.1 Å². The van der Waals surface area contributed by atoms with Crippen LogP contribution < -0.4 is 11.3 Å². The lowest BCUT2D eigenvalue weighted by atomic mass is 9.98. The second-order valence-corrected chi connectivity index (χ2v) is 9.37. The quantitative estimate of drug-likeness (QED) is 0.684. The van der Waals surface area contributed by atoms with Gasteiger partial charge in [-0.1, -0.05) is 0 Å². The minimum Gasteiger partial charge on any atom is -0.408 e. The van der Waals surface area contributed by atoms with Gasteiger partial charge in [0.05, 0.1) is 16.7 Å². The van der Waals surface area contributed by atoms with E-state index in [0.717, 1.165) is 5.69 Å². The predicted octanol–water partition coefficient (Wildman–Crippen LogP) is 1.40. The number of oxazole rings is 1. The maximum atomic E-state index is 13.0. The van der Waals surface area contributed by atoms with Gasteiger partial charge in [0.15, 0.2) is 5.58 Å². The maximum absolute atomic E-state index is 13.0. The predicted molar refractivity (Wildman–Crippen MR) is 106 cm³/mol. The lowest BCUT2D eigenvalue weighted by Crippen LogP contribution is -2.40. The molecule has 0 unspecified atom stereocenters. The van der Waals surface area contributed by atoms with E-state index in [9.17, 15) is 18.0 Å². The van der Waals surface area contributed by atoms with E-state index in [1.165, 1.54) is 22.5 Å². The normalized spacial score (nSPS) is 16.5. The summed E-state index contributed by atoms with van der Waals surface area (Å²) in [7, 11) is -3.68. The first-order valence-electron chi connectivity index (χ1n) is 9.41. The van der Waals surface area contributed by atoms with Crippen molar-refractivity contribution in [2.75, 3.05) is 13.1 Å². The van der Waals surface area contributed by atoms with Crippen LogP contribution in [0.4, 0.5) is 0 Å². The number of hydrogen-bond donors (Lipinski definition) is 1. The molecule has 3 heterocycles. The Kier molecular flexibility index (Phi) is 4.91. The highest BCUT2D eigenvalue weighted by Gasteiger charge is 2.30. The average molecular weight is 418 g/mol. The van der Waals surface area contributed by atoms with Gasteiger partial charge in [-0.25, -0.2) is 18.2 Å². The number of nitrogens with one attached hydrogen (secondary N) is 1. The molecule has 0 saturated carbocycles. The molecule has 0 amide bonds. The molecule has 1 aliphatic heterocycles. The lowest BCUT2D eigenvalue weighted by molar-refractivity contribution is 0.250. The molecule has 0 spiro atoms. The van der Waals surface area contributed by atoms with Gasteiger partial charge in [0.1, 0.15) is 0 Å². The van der Waals surface area contributed by atoms with Crippen LogP contribution in [0.5, 0.6) is 0 Å². The van der Waals surface area contributed by atoms with Gasteiger partial charge in [-0.05, 0) is 44.7 Å². The third-order valence-electron chi connectivity index (χ3n) is 5.57. The van der Waals surface area contributed by atoms with Crippen molar-refractivity contribution in [2.24, 2.45) is 5.92 Å². The fourth-order valence-electron chi connectivity index (χ4n) is 3.65. The van der Waals surface area contributed by atoms with Crippen LogP contribution in [0.15, 0.2) is 43.4 Å². The van der Waals surface area contributed by atoms with Crippen LogP contribution in [0, 0.1) is 19.8 Å². The molecule has 0 atom stereocenters. The van der Waals surface area contributed by atoms with Crippen molar-refractivity contribution in [3.63, 3.8) is 0 Å². The number of rotatable bonds is 4. The van der Waals surface area contributed by atoms with E-state index in [1.54, 1.807) is 24.7 Å². The lowest BCUT2D eigenvalue weighted by Gasteiger charge is -2.31. The Hall–Kier alpha value is -2.72. The van der Waals surface area contributed by atoms with Crippen molar-refractivity contribution in [2.45, 2.75) is 38.1 Å². The Balaban J connectivity index is 1.47. The van der Waals surface area contributed by atoms with Crippen LogP contribution in [-0.4, -0.2) is 40.3 Å². The van der Waals surface area contributed by atoms with Crippen molar-refractivity contribution in [3.8, 4) is 0 Å². The summed E-state index contributed by atoms with van der Waals surface area (Å²) in [5, 5.41) is 0. The van der Waals surface area contributed by atoms with Crippen LogP contribution in [0.3, 0.4) is 0 Å². The van der Waals surface area contributed by atoms with Gasteiger partial charge in [-0.15, -0.1) is 0 Å². The Morgan fingerprint density at radius 1 is 1.21 bits per heavy atom. The molecule has 2 aromatic heterocycles. The van der Waals surface area contributed by atoms with Gasteiger partial charge in [0.2, 0.25) is 10.0 Å². The molecular formula is C19H22N4O5S. The van der Waals surface area contributed by atoms with Crippen molar-refractivity contribution in [3.05, 3.63) is 56.7 Å². The highest BCUT2D eigenvalue weighted by molar-refractivity contribution is 7.89. The molecule has 29 heavy (non-hydrogen) atoms. The van der Waals surface area contributed by atoms with Gasteiger partial charge in [0.25, 0.3) is 5.56 Å². The van der Waals surface area contributed by atoms with E-state index in [-0.39, 0.29) is 22.0 Å². The van der Waals surface area contributed by atoms with Crippen molar-refractivity contribution in [1.29, 1.82) is 0 Å². The number of piperidine rings is 1. The largest absolute Gasteiger partial charge is 0.417 e. The van der Waals surface area contributed by atoms with Crippen molar-refractivity contribution < 1.29 is 12.8 Å². The Morgan fingerprint density at radius 2 is 1.93 bits per heavy atom. The smallest absolute Gasteiger partial charge is 0.408 e. The van der Waals surface area contributed by atoms with Crippen LogP contribution in [-0.2, 0) is 16.6 Å². The summed E-state index contributed by atoms with van der Waals surface area (Å²) in [6, 6.07) is 4.36. The number of benzene rings is 1. The first kappa shape index (κ1) is 19.6. The van der Waals surface area contributed by atoms with Gasteiger partial charge in [-0.2, -0.15) is 4.31 Å². The van der Waals surface area contributed by atoms with Gasteiger partial charge in [-0.3, -0.25) is 14.3 Å². The van der Waals surface area contributed by atoms with E-state index in [2.05, 4.69) is 9.97 Å².